The van der Waals surface area contributed by atoms with Gasteiger partial charge in [0.05, 0.1) is 6.61 Å². The first-order valence-corrected chi connectivity index (χ1v) is 8.48. The molecule has 0 bridgehead atoms. The third kappa shape index (κ3) is 3.55. The minimum Gasteiger partial charge on any atom is -0.421 e. The van der Waals surface area contributed by atoms with Gasteiger partial charge < -0.3 is 29.5 Å². The molecule has 0 radical (unpaired) electrons. The maximum atomic E-state index is 12.4. The van der Waals surface area contributed by atoms with E-state index in [0.29, 0.717) is 12.8 Å². The van der Waals surface area contributed by atoms with E-state index in [-0.39, 0.29) is 6.61 Å². The molecule has 10 nitrogen and oxygen atoms in total. The molecule has 1 unspecified atom stereocenters. The van der Waals surface area contributed by atoms with E-state index >= 15 is 0 Å². The number of unbranched alkanes of at least 4 members (excludes halogenated alkanes) is 1. The second-order valence-corrected chi connectivity index (χ2v) is 6.53. The fourth-order valence-electron chi connectivity index (χ4n) is 3.03. The van der Waals surface area contributed by atoms with Crippen LogP contribution in [0.1, 0.15) is 47.5 Å². The van der Waals surface area contributed by atoms with E-state index in [0.717, 1.165) is 27.7 Å². The van der Waals surface area contributed by atoms with E-state index in [1.165, 1.54) is 0 Å². The molecule has 0 aromatic heterocycles. The van der Waals surface area contributed by atoms with Crippen molar-refractivity contribution in [2.75, 3.05) is 6.61 Å². The normalized spacial score (nSPS) is 34.1. The maximum absolute atomic E-state index is 12.4. The number of aliphatic hydroxyl groups excluding tert-OH is 1. The zero-order valence-electron chi connectivity index (χ0n) is 16.0. The highest BCUT2D eigenvalue weighted by atomic mass is 16.8. The van der Waals surface area contributed by atoms with Crippen molar-refractivity contribution in [2.24, 2.45) is 0 Å². The second-order valence-electron chi connectivity index (χ2n) is 6.53. The van der Waals surface area contributed by atoms with Crippen molar-refractivity contribution in [2.45, 2.75) is 76.8 Å². The van der Waals surface area contributed by atoms with E-state index in [9.17, 15) is 34.5 Å². The Labute approximate surface area is 156 Å². The molecule has 1 saturated heterocycles. The van der Waals surface area contributed by atoms with Gasteiger partial charge in [-0.15, -0.1) is 0 Å². The summed E-state index contributed by atoms with van der Waals surface area (Å²) in [5, 5.41) is 32.4. The Balaban J connectivity index is 3.73. The van der Waals surface area contributed by atoms with Crippen LogP contribution in [0.3, 0.4) is 0 Å². The van der Waals surface area contributed by atoms with E-state index in [1.54, 1.807) is 6.92 Å². The van der Waals surface area contributed by atoms with Gasteiger partial charge in [0.2, 0.25) is 11.6 Å². The minimum absolute atomic E-state index is 0.207. The lowest BCUT2D eigenvalue weighted by molar-refractivity contribution is -0.306. The van der Waals surface area contributed by atoms with Crippen LogP contribution in [0.4, 0.5) is 0 Å². The summed E-state index contributed by atoms with van der Waals surface area (Å²) >= 11 is 0. The van der Waals surface area contributed by atoms with Gasteiger partial charge in [0.15, 0.2) is 17.7 Å². The molecule has 0 amide bonds. The van der Waals surface area contributed by atoms with Crippen molar-refractivity contribution < 1.29 is 48.7 Å². The molecule has 1 rings (SSSR count). The molecule has 0 aromatic rings. The molecule has 1 fully saturated rings. The standard InChI is InChI=1S/C17H26O10/c1-6-7-8-25-16(24)14(13(22)9(2)18)27-17(11(4)20,26-12(5)21)15(16,23)10(3)19/h13-14,22-24H,6-8H2,1-5H3/t13?,14-,15-,16-,17+/m1/s1. The Morgan fingerprint density at radius 3 is 2.00 bits per heavy atom. The van der Waals surface area contributed by atoms with Crippen molar-refractivity contribution in [1.29, 1.82) is 0 Å². The van der Waals surface area contributed by atoms with Crippen LogP contribution in [0.25, 0.3) is 0 Å². The first-order valence-electron chi connectivity index (χ1n) is 8.48. The lowest BCUT2D eigenvalue weighted by atomic mass is 9.78. The second kappa shape index (κ2) is 8.11. The molecule has 10 heteroatoms. The summed E-state index contributed by atoms with van der Waals surface area (Å²) in [7, 11) is 0. The van der Waals surface area contributed by atoms with Crippen LogP contribution in [0.5, 0.6) is 0 Å². The molecule has 0 saturated carbocycles. The average Bonchev–Trinajstić information content (AvgIpc) is 2.74. The lowest BCUT2D eigenvalue weighted by Gasteiger charge is -2.41. The van der Waals surface area contributed by atoms with Crippen LogP contribution >= 0.6 is 0 Å². The van der Waals surface area contributed by atoms with Crippen molar-refractivity contribution in [3.63, 3.8) is 0 Å². The predicted octanol–water partition coefficient (Wildman–Crippen LogP) is -0.991. The number of hydrogen-bond acceptors (Lipinski definition) is 10. The van der Waals surface area contributed by atoms with E-state index in [4.69, 9.17) is 14.2 Å². The molecule has 0 aromatic carbocycles. The number of ether oxygens (including phenoxy) is 3. The number of esters is 1. The number of Topliss-reactive ketones (excluding diaryl/α,β-unsaturated/α-hetero) is 3. The fourth-order valence-corrected chi connectivity index (χ4v) is 3.03. The molecule has 27 heavy (non-hydrogen) atoms. The highest BCUT2D eigenvalue weighted by Crippen LogP contribution is 2.50. The van der Waals surface area contributed by atoms with Crippen molar-refractivity contribution in [1.82, 2.24) is 0 Å². The largest absolute Gasteiger partial charge is 0.421 e. The quantitative estimate of drug-likeness (QED) is 0.254. The highest BCUT2D eigenvalue weighted by Gasteiger charge is 2.82. The van der Waals surface area contributed by atoms with Crippen molar-refractivity contribution in [3.05, 3.63) is 0 Å². The summed E-state index contributed by atoms with van der Waals surface area (Å²) in [5.74, 6) is -10.4. The minimum atomic E-state index is -3.23. The number of carbonyl (C=O) groups is 4. The van der Waals surface area contributed by atoms with Gasteiger partial charge in [-0.05, 0) is 20.3 Å². The van der Waals surface area contributed by atoms with Crippen LogP contribution in [-0.4, -0.2) is 74.6 Å². The first-order chi connectivity index (χ1) is 12.3. The predicted molar refractivity (Wildman–Crippen MR) is 88.2 cm³/mol. The first kappa shape index (κ1) is 23.3. The molecular weight excluding hydrogens is 364 g/mol. The molecule has 0 aliphatic carbocycles. The van der Waals surface area contributed by atoms with E-state index in [2.05, 4.69) is 0 Å². The zero-order chi connectivity index (χ0) is 21.2. The number of ketones is 3. The van der Waals surface area contributed by atoms with Crippen LogP contribution in [0.2, 0.25) is 0 Å². The molecule has 1 heterocycles. The van der Waals surface area contributed by atoms with Gasteiger partial charge in [0.1, 0.15) is 6.10 Å². The number of hydrogen-bond donors (Lipinski definition) is 3. The SMILES string of the molecule is CCCCO[C@]1(O)[C@@H](C(O)C(C)=O)O[C@@](OC(C)=O)(C(C)=O)[C@@]1(O)C(C)=O. The van der Waals surface area contributed by atoms with Gasteiger partial charge in [-0.3, -0.25) is 19.2 Å². The molecular formula is C17H26O10. The third-order valence-corrected chi connectivity index (χ3v) is 4.46. The van der Waals surface area contributed by atoms with Crippen LogP contribution < -0.4 is 0 Å². The Bertz CT molecular complexity index is 631. The maximum Gasteiger partial charge on any atom is 0.315 e. The smallest absolute Gasteiger partial charge is 0.315 e. The summed E-state index contributed by atoms with van der Waals surface area (Å²) in [6.45, 7) is 5.12. The molecule has 154 valence electrons. The number of carbonyl (C=O) groups excluding carboxylic acids is 4. The van der Waals surface area contributed by atoms with Gasteiger partial charge in [-0.1, -0.05) is 13.3 Å². The highest BCUT2D eigenvalue weighted by molar-refractivity contribution is 5.99. The fraction of sp³-hybridized carbons (Fsp3) is 0.765. The van der Waals surface area contributed by atoms with Crippen LogP contribution in [-0.2, 0) is 33.4 Å². The van der Waals surface area contributed by atoms with Gasteiger partial charge in [0.25, 0.3) is 5.60 Å². The van der Waals surface area contributed by atoms with Crippen LogP contribution in [0.15, 0.2) is 0 Å². The topological polar surface area (TPSA) is 157 Å². The summed E-state index contributed by atoms with van der Waals surface area (Å²) in [6, 6.07) is 0. The Morgan fingerprint density at radius 1 is 1.07 bits per heavy atom. The summed E-state index contributed by atoms with van der Waals surface area (Å²) in [6.07, 6.45) is -3.18. The van der Waals surface area contributed by atoms with E-state index in [1.807, 2.05) is 0 Å². The number of rotatable bonds is 9. The van der Waals surface area contributed by atoms with Crippen LogP contribution in [0, 0.1) is 0 Å². The van der Waals surface area contributed by atoms with E-state index < -0.39 is 52.7 Å². The monoisotopic (exact) mass is 390 g/mol. The molecule has 1 aliphatic rings. The Morgan fingerprint density at radius 2 is 1.63 bits per heavy atom. The van der Waals surface area contributed by atoms with Gasteiger partial charge in [-0.2, -0.15) is 0 Å². The third-order valence-electron chi connectivity index (χ3n) is 4.46. The van der Waals surface area contributed by atoms with Gasteiger partial charge in [0, 0.05) is 13.8 Å². The summed E-state index contributed by atoms with van der Waals surface area (Å²) in [5.41, 5.74) is -3.23. The molecule has 1 aliphatic heterocycles. The van der Waals surface area contributed by atoms with Crippen molar-refractivity contribution >= 4 is 23.3 Å². The van der Waals surface area contributed by atoms with Gasteiger partial charge >= 0.3 is 11.8 Å². The number of aliphatic hydroxyl groups is 3. The van der Waals surface area contributed by atoms with Crippen molar-refractivity contribution in [3.8, 4) is 0 Å². The Hall–Kier alpha value is -1.72. The molecule has 0 spiro atoms. The molecule has 3 N–H and O–H groups in total. The van der Waals surface area contributed by atoms with Gasteiger partial charge in [-0.25, -0.2) is 0 Å². The Kier molecular flexibility index (Phi) is 7.00. The summed E-state index contributed by atoms with van der Waals surface area (Å²) in [4.78, 5) is 48.0. The zero-order valence-corrected chi connectivity index (χ0v) is 16.0. The average molecular weight is 390 g/mol. The lowest BCUT2D eigenvalue weighted by Crippen LogP contribution is -2.72. The summed E-state index contributed by atoms with van der Waals surface area (Å²) < 4.78 is 15.4. The molecule has 5 atom stereocenters.